The zero-order valence-electron chi connectivity index (χ0n) is 14.2. The topological polar surface area (TPSA) is 101 Å². The molecule has 2 aromatic rings. The SMILES string of the molecule is CCOC(=O)c1sc2ncnc(NC(C)(C)CCC(=O)O)c2c1C. The van der Waals surface area contributed by atoms with Crippen LogP contribution in [-0.2, 0) is 9.53 Å². The van der Waals surface area contributed by atoms with Crippen molar-refractivity contribution in [3.63, 3.8) is 0 Å². The number of nitrogens with one attached hydrogen (secondary N) is 1. The van der Waals surface area contributed by atoms with Gasteiger partial charge in [-0.15, -0.1) is 11.3 Å². The third-order valence-corrected chi connectivity index (χ3v) is 4.79. The lowest BCUT2D eigenvalue weighted by atomic mass is 9.98. The maximum absolute atomic E-state index is 12.1. The molecular weight excluding hydrogens is 330 g/mol. The van der Waals surface area contributed by atoms with Gasteiger partial charge in [-0.05, 0) is 39.7 Å². The Hall–Kier alpha value is -2.22. The number of ether oxygens (including phenoxy) is 1. The maximum atomic E-state index is 12.1. The van der Waals surface area contributed by atoms with Crippen LogP contribution in [0.25, 0.3) is 10.2 Å². The van der Waals surface area contributed by atoms with Crippen molar-refractivity contribution in [1.82, 2.24) is 9.97 Å². The molecule has 0 aromatic carbocycles. The van der Waals surface area contributed by atoms with Crippen molar-refractivity contribution < 1.29 is 19.4 Å². The normalized spacial score (nSPS) is 11.5. The first-order chi connectivity index (χ1) is 11.2. The summed E-state index contributed by atoms with van der Waals surface area (Å²) in [5.74, 6) is -0.609. The lowest BCUT2D eigenvalue weighted by molar-refractivity contribution is -0.137. The number of carboxylic acid groups (broad SMARTS) is 1. The van der Waals surface area contributed by atoms with Gasteiger partial charge in [-0.3, -0.25) is 4.79 Å². The third-order valence-electron chi connectivity index (χ3n) is 3.61. The summed E-state index contributed by atoms with van der Waals surface area (Å²) in [6, 6.07) is 0. The van der Waals surface area contributed by atoms with Crippen LogP contribution in [0.15, 0.2) is 6.33 Å². The molecule has 2 N–H and O–H groups in total. The molecule has 0 aliphatic carbocycles. The first-order valence-corrected chi connectivity index (χ1v) is 8.48. The van der Waals surface area contributed by atoms with Gasteiger partial charge < -0.3 is 15.2 Å². The first kappa shape index (κ1) is 18.1. The second kappa shape index (κ2) is 7.12. The molecule has 0 radical (unpaired) electrons. The van der Waals surface area contributed by atoms with E-state index in [4.69, 9.17) is 9.84 Å². The molecule has 24 heavy (non-hydrogen) atoms. The molecule has 0 saturated heterocycles. The number of aryl methyl sites for hydroxylation is 1. The van der Waals surface area contributed by atoms with Gasteiger partial charge >= 0.3 is 11.9 Å². The first-order valence-electron chi connectivity index (χ1n) is 7.66. The van der Waals surface area contributed by atoms with E-state index in [1.807, 2.05) is 20.8 Å². The number of thiophene rings is 1. The van der Waals surface area contributed by atoms with Crippen molar-refractivity contribution in [1.29, 1.82) is 0 Å². The Balaban J connectivity index is 2.37. The van der Waals surface area contributed by atoms with E-state index >= 15 is 0 Å². The Bertz CT molecular complexity index is 770. The summed E-state index contributed by atoms with van der Waals surface area (Å²) in [5.41, 5.74) is 0.309. The number of aromatic nitrogens is 2. The van der Waals surface area contributed by atoms with E-state index < -0.39 is 11.5 Å². The van der Waals surface area contributed by atoms with E-state index in [0.717, 1.165) is 10.9 Å². The van der Waals surface area contributed by atoms with Gasteiger partial charge in [-0.25, -0.2) is 14.8 Å². The summed E-state index contributed by atoms with van der Waals surface area (Å²) in [7, 11) is 0. The van der Waals surface area contributed by atoms with Crippen LogP contribution < -0.4 is 5.32 Å². The van der Waals surface area contributed by atoms with Gasteiger partial charge in [0.05, 0.1) is 12.0 Å². The molecule has 0 unspecified atom stereocenters. The monoisotopic (exact) mass is 351 g/mol. The van der Waals surface area contributed by atoms with Gasteiger partial charge in [-0.2, -0.15) is 0 Å². The lowest BCUT2D eigenvalue weighted by Crippen LogP contribution is -2.32. The molecule has 0 amide bonds. The Morgan fingerprint density at radius 1 is 1.38 bits per heavy atom. The Labute approximate surface area is 144 Å². The third kappa shape index (κ3) is 4.00. The van der Waals surface area contributed by atoms with E-state index in [-0.39, 0.29) is 12.4 Å². The van der Waals surface area contributed by atoms with Crippen molar-refractivity contribution in [2.45, 2.75) is 46.1 Å². The zero-order chi connectivity index (χ0) is 17.9. The van der Waals surface area contributed by atoms with Crippen molar-refractivity contribution in [3.8, 4) is 0 Å². The molecule has 8 heteroatoms. The van der Waals surface area contributed by atoms with Crippen LogP contribution in [0.4, 0.5) is 5.82 Å². The van der Waals surface area contributed by atoms with Crippen LogP contribution in [0.1, 0.15) is 48.8 Å². The predicted molar refractivity (Wildman–Crippen MR) is 92.7 cm³/mol. The highest BCUT2D eigenvalue weighted by Gasteiger charge is 2.24. The van der Waals surface area contributed by atoms with E-state index in [1.165, 1.54) is 17.7 Å². The molecule has 2 rings (SSSR count). The molecule has 0 saturated carbocycles. The number of hydrogen-bond acceptors (Lipinski definition) is 7. The quantitative estimate of drug-likeness (QED) is 0.738. The summed E-state index contributed by atoms with van der Waals surface area (Å²) < 4.78 is 5.08. The lowest BCUT2D eigenvalue weighted by Gasteiger charge is -2.26. The molecule has 0 bridgehead atoms. The fourth-order valence-electron chi connectivity index (χ4n) is 2.36. The van der Waals surface area contributed by atoms with Gasteiger partial charge in [0.15, 0.2) is 0 Å². The number of rotatable bonds is 7. The number of carbonyl (C=O) groups excluding carboxylic acids is 1. The molecule has 2 aromatic heterocycles. The van der Waals surface area contributed by atoms with E-state index in [2.05, 4.69) is 15.3 Å². The van der Waals surface area contributed by atoms with Crippen molar-refractivity contribution in [2.75, 3.05) is 11.9 Å². The highest BCUT2D eigenvalue weighted by atomic mass is 32.1. The number of aliphatic carboxylic acids is 1. The van der Waals surface area contributed by atoms with Crippen molar-refractivity contribution in [2.24, 2.45) is 0 Å². The molecule has 0 fully saturated rings. The standard InChI is InChI=1S/C16H21N3O4S/c1-5-23-15(22)12-9(2)11-13(17-8-18-14(11)24-12)19-16(3,4)7-6-10(20)21/h8H,5-7H2,1-4H3,(H,20,21)(H,17,18,19). The molecule has 0 aliphatic heterocycles. The van der Waals surface area contributed by atoms with Gasteiger partial charge in [0.1, 0.15) is 21.9 Å². The number of hydrogen-bond donors (Lipinski definition) is 2. The Morgan fingerprint density at radius 3 is 2.71 bits per heavy atom. The fraction of sp³-hybridized carbons (Fsp3) is 0.500. The largest absolute Gasteiger partial charge is 0.481 e. The van der Waals surface area contributed by atoms with Gasteiger partial charge in [0, 0.05) is 12.0 Å². The minimum absolute atomic E-state index is 0.0604. The number of carboxylic acids is 1. The van der Waals surface area contributed by atoms with Gasteiger partial charge in [-0.1, -0.05) is 0 Å². The minimum atomic E-state index is -0.839. The van der Waals surface area contributed by atoms with Crippen LogP contribution in [0.5, 0.6) is 0 Å². The van der Waals surface area contributed by atoms with Crippen LogP contribution in [0.2, 0.25) is 0 Å². The zero-order valence-corrected chi connectivity index (χ0v) is 15.0. The number of nitrogens with zero attached hydrogens (tertiary/aromatic N) is 2. The second-order valence-electron chi connectivity index (χ2n) is 6.08. The summed E-state index contributed by atoms with van der Waals surface area (Å²) in [6.45, 7) is 7.74. The summed E-state index contributed by atoms with van der Waals surface area (Å²) in [5, 5.41) is 12.9. The number of esters is 1. The highest BCUT2D eigenvalue weighted by Crippen LogP contribution is 2.35. The Kier molecular flexibility index (Phi) is 5.38. The molecule has 7 nitrogen and oxygen atoms in total. The average molecular weight is 351 g/mol. The molecular formula is C16H21N3O4S. The van der Waals surface area contributed by atoms with Crippen LogP contribution in [-0.4, -0.2) is 39.2 Å². The van der Waals surface area contributed by atoms with Crippen molar-refractivity contribution in [3.05, 3.63) is 16.8 Å². The fourth-order valence-corrected chi connectivity index (χ4v) is 3.40. The maximum Gasteiger partial charge on any atom is 0.348 e. The predicted octanol–water partition coefficient (Wildman–Crippen LogP) is 3.23. The van der Waals surface area contributed by atoms with Gasteiger partial charge in [0.2, 0.25) is 0 Å². The summed E-state index contributed by atoms with van der Waals surface area (Å²) in [6.07, 6.45) is 1.94. The van der Waals surface area contributed by atoms with Crippen LogP contribution in [0.3, 0.4) is 0 Å². The Morgan fingerprint density at radius 2 is 2.08 bits per heavy atom. The van der Waals surface area contributed by atoms with E-state index in [1.54, 1.807) is 6.92 Å². The molecule has 0 spiro atoms. The summed E-state index contributed by atoms with van der Waals surface area (Å²) in [4.78, 5) is 32.6. The molecule has 2 heterocycles. The average Bonchev–Trinajstić information content (AvgIpc) is 2.84. The van der Waals surface area contributed by atoms with Crippen LogP contribution >= 0.6 is 11.3 Å². The van der Waals surface area contributed by atoms with E-state index in [9.17, 15) is 9.59 Å². The molecule has 130 valence electrons. The van der Waals surface area contributed by atoms with E-state index in [0.29, 0.717) is 28.6 Å². The van der Waals surface area contributed by atoms with Gasteiger partial charge in [0.25, 0.3) is 0 Å². The highest BCUT2D eigenvalue weighted by molar-refractivity contribution is 7.20. The number of carbonyl (C=O) groups is 2. The summed E-state index contributed by atoms with van der Waals surface area (Å²) >= 11 is 1.27. The number of anilines is 1. The van der Waals surface area contributed by atoms with Crippen molar-refractivity contribution >= 4 is 39.3 Å². The number of fused-ring (bicyclic) bond motifs is 1. The molecule has 0 aliphatic rings. The molecule has 0 atom stereocenters. The second-order valence-corrected chi connectivity index (χ2v) is 7.08. The van der Waals surface area contributed by atoms with Crippen LogP contribution in [0, 0.1) is 6.92 Å². The minimum Gasteiger partial charge on any atom is -0.481 e. The smallest absolute Gasteiger partial charge is 0.348 e.